The van der Waals surface area contributed by atoms with Gasteiger partial charge in [0.15, 0.2) is 5.96 Å². The first-order valence-corrected chi connectivity index (χ1v) is 9.71. The Hall–Kier alpha value is -1.76. The highest BCUT2D eigenvalue weighted by Crippen LogP contribution is 2.20. The second-order valence-electron chi connectivity index (χ2n) is 6.04. The van der Waals surface area contributed by atoms with Crippen LogP contribution >= 0.6 is 11.8 Å². The quantitative estimate of drug-likeness (QED) is 0.477. The van der Waals surface area contributed by atoms with Gasteiger partial charge in [-0.1, -0.05) is 13.0 Å². The van der Waals surface area contributed by atoms with Crippen molar-refractivity contribution in [1.82, 2.24) is 15.5 Å². The van der Waals surface area contributed by atoms with E-state index in [1.165, 1.54) is 6.07 Å². The van der Waals surface area contributed by atoms with Crippen molar-refractivity contribution in [3.8, 4) is 0 Å². The fourth-order valence-corrected chi connectivity index (χ4v) is 3.86. The Morgan fingerprint density at radius 1 is 1.40 bits per heavy atom. The zero-order valence-corrected chi connectivity index (χ0v) is 16.0. The van der Waals surface area contributed by atoms with Crippen LogP contribution in [0.1, 0.15) is 29.3 Å². The van der Waals surface area contributed by atoms with Gasteiger partial charge in [-0.15, -0.1) is 0 Å². The van der Waals surface area contributed by atoms with Crippen molar-refractivity contribution in [2.45, 2.75) is 25.5 Å². The molecule has 138 valence electrons. The molecule has 7 heteroatoms. The third-order valence-corrected chi connectivity index (χ3v) is 5.61. The third-order valence-electron chi connectivity index (χ3n) is 4.23. The minimum Gasteiger partial charge on any atom is -0.354 e. The normalized spacial score (nSPS) is 18.2. The Labute approximate surface area is 153 Å². The highest BCUT2D eigenvalue weighted by Gasteiger charge is 2.21. The zero-order valence-electron chi connectivity index (χ0n) is 15.1. The maximum Gasteiger partial charge on any atom is 0.251 e. The topological polar surface area (TPSA) is 56.7 Å². The smallest absolute Gasteiger partial charge is 0.251 e. The predicted octanol–water partition coefficient (Wildman–Crippen LogP) is 2.27. The van der Waals surface area contributed by atoms with E-state index in [0.29, 0.717) is 29.5 Å². The van der Waals surface area contributed by atoms with Crippen LogP contribution in [0.2, 0.25) is 0 Å². The number of halogens is 1. The number of guanidine groups is 1. The van der Waals surface area contributed by atoms with Crippen molar-refractivity contribution < 1.29 is 9.18 Å². The molecule has 0 saturated carbocycles. The van der Waals surface area contributed by atoms with Gasteiger partial charge in [-0.3, -0.25) is 9.79 Å². The third kappa shape index (κ3) is 5.63. The highest BCUT2D eigenvalue weighted by atomic mass is 32.2. The molecule has 1 atom stereocenters. The maximum atomic E-state index is 13.5. The molecule has 1 aromatic rings. The van der Waals surface area contributed by atoms with E-state index in [1.807, 2.05) is 11.8 Å². The van der Waals surface area contributed by atoms with Crippen LogP contribution in [-0.2, 0) is 0 Å². The number of nitrogens with one attached hydrogen (secondary N) is 2. The molecule has 1 aliphatic rings. The minimum absolute atomic E-state index is 0.267. The summed E-state index contributed by atoms with van der Waals surface area (Å²) in [6, 6.07) is 4.52. The lowest BCUT2D eigenvalue weighted by molar-refractivity contribution is 0.0954. The lowest BCUT2D eigenvalue weighted by Gasteiger charge is -2.34. The fourth-order valence-electron chi connectivity index (χ4n) is 2.68. The first-order chi connectivity index (χ1) is 12.0. The number of thioether (sulfide) groups is 1. The number of aryl methyl sites for hydroxylation is 1. The Morgan fingerprint density at radius 3 is 2.84 bits per heavy atom. The van der Waals surface area contributed by atoms with Gasteiger partial charge in [0.25, 0.3) is 5.91 Å². The molecule has 2 N–H and O–H groups in total. The van der Waals surface area contributed by atoms with Gasteiger partial charge in [0.2, 0.25) is 0 Å². The number of hydrogen-bond acceptors (Lipinski definition) is 3. The van der Waals surface area contributed by atoms with Crippen molar-refractivity contribution >= 4 is 23.6 Å². The number of aliphatic imine (C=N–C) groups is 1. The molecule has 5 nitrogen and oxygen atoms in total. The molecule has 25 heavy (non-hydrogen) atoms. The van der Waals surface area contributed by atoms with Crippen LogP contribution in [0.5, 0.6) is 0 Å². The highest BCUT2D eigenvalue weighted by molar-refractivity contribution is 8.00. The van der Waals surface area contributed by atoms with Gasteiger partial charge in [-0.25, -0.2) is 4.39 Å². The molecule has 0 spiro atoms. The van der Waals surface area contributed by atoms with E-state index in [0.717, 1.165) is 31.2 Å². The van der Waals surface area contributed by atoms with Crippen molar-refractivity contribution in [1.29, 1.82) is 0 Å². The molecular weight excluding hydrogens is 339 g/mol. The average Bonchev–Trinajstić information content (AvgIpc) is 2.63. The van der Waals surface area contributed by atoms with Crippen LogP contribution in [0.4, 0.5) is 4.39 Å². The van der Waals surface area contributed by atoms with E-state index in [2.05, 4.69) is 27.4 Å². The Kier molecular flexibility index (Phi) is 7.55. The van der Waals surface area contributed by atoms with Crippen LogP contribution in [-0.4, -0.2) is 61.0 Å². The lowest BCUT2D eigenvalue weighted by Crippen LogP contribution is -2.49. The van der Waals surface area contributed by atoms with Crippen LogP contribution < -0.4 is 10.6 Å². The summed E-state index contributed by atoms with van der Waals surface area (Å²) in [5.74, 6) is 1.35. The second kappa shape index (κ2) is 9.65. The molecule has 1 saturated heterocycles. The van der Waals surface area contributed by atoms with E-state index in [9.17, 15) is 9.18 Å². The van der Waals surface area contributed by atoms with Gasteiger partial charge in [-0.2, -0.15) is 11.8 Å². The standard InChI is InChI=1S/C18H27FN4OS/c1-4-15-12-23(9-10-25-15)18(20-3)22-8-7-21-17(24)14-6-5-13(2)16(19)11-14/h5-6,11,15H,4,7-10,12H2,1-3H3,(H,20,22)(H,21,24). The van der Waals surface area contributed by atoms with Crippen molar-refractivity contribution in [3.63, 3.8) is 0 Å². The monoisotopic (exact) mass is 366 g/mol. The Bertz CT molecular complexity index is 623. The second-order valence-corrected chi connectivity index (χ2v) is 7.45. The molecule has 0 bridgehead atoms. The lowest BCUT2D eigenvalue weighted by atomic mass is 10.1. The largest absolute Gasteiger partial charge is 0.354 e. The van der Waals surface area contributed by atoms with Gasteiger partial charge in [0.05, 0.1) is 0 Å². The Balaban J connectivity index is 1.77. The summed E-state index contributed by atoms with van der Waals surface area (Å²) in [5, 5.41) is 6.73. The van der Waals surface area contributed by atoms with Gasteiger partial charge < -0.3 is 15.5 Å². The molecule has 1 heterocycles. The van der Waals surface area contributed by atoms with E-state index < -0.39 is 0 Å². The van der Waals surface area contributed by atoms with Crippen molar-refractivity contribution in [2.24, 2.45) is 4.99 Å². The molecule has 1 amide bonds. The number of rotatable bonds is 5. The molecule has 1 unspecified atom stereocenters. The summed E-state index contributed by atoms with van der Waals surface area (Å²) >= 11 is 2.01. The molecule has 2 rings (SSSR count). The Morgan fingerprint density at radius 2 is 2.16 bits per heavy atom. The number of amides is 1. The summed E-state index contributed by atoms with van der Waals surface area (Å²) in [5.41, 5.74) is 0.874. The van der Waals surface area contributed by atoms with Gasteiger partial charge in [-0.05, 0) is 31.0 Å². The number of hydrogen-bond donors (Lipinski definition) is 2. The average molecular weight is 367 g/mol. The minimum atomic E-state index is -0.361. The van der Waals surface area contributed by atoms with Crippen molar-refractivity contribution in [2.75, 3.05) is 39.0 Å². The molecule has 1 fully saturated rings. The van der Waals surface area contributed by atoms with E-state index in [4.69, 9.17) is 0 Å². The summed E-state index contributed by atoms with van der Waals surface area (Å²) in [4.78, 5) is 18.7. The van der Waals surface area contributed by atoms with E-state index in [1.54, 1.807) is 26.1 Å². The summed E-state index contributed by atoms with van der Waals surface area (Å²) in [6.45, 7) is 6.89. The molecular formula is C18H27FN4OS. The van der Waals surface area contributed by atoms with Crippen LogP contribution in [0, 0.1) is 12.7 Å². The molecule has 0 aliphatic carbocycles. The number of benzene rings is 1. The molecule has 0 radical (unpaired) electrons. The van der Waals surface area contributed by atoms with Crippen LogP contribution in [0.15, 0.2) is 23.2 Å². The van der Waals surface area contributed by atoms with Gasteiger partial charge >= 0.3 is 0 Å². The van der Waals surface area contributed by atoms with Crippen LogP contribution in [0.25, 0.3) is 0 Å². The summed E-state index contributed by atoms with van der Waals surface area (Å²) < 4.78 is 13.5. The van der Waals surface area contributed by atoms with Crippen LogP contribution in [0.3, 0.4) is 0 Å². The van der Waals surface area contributed by atoms with Gasteiger partial charge in [0.1, 0.15) is 5.82 Å². The zero-order chi connectivity index (χ0) is 18.2. The SMILES string of the molecule is CCC1CN(C(=NC)NCCNC(=O)c2ccc(C)c(F)c2)CCS1. The number of nitrogens with zero attached hydrogens (tertiary/aromatic N) is 2. The molecule has 1 aliphatic heterocycles. The maximum absolute atomic E-state index is 13.5. The predicted molar refractivity (Wildman–Crippen MR) is 103 cm³/mol. The number of carbonyl (C=O) groups excluding carboxylic acids is 1. The van der Waals surface area contributed by atoms with Crippen molar-refractivity contribution in [3.05, 3.63) is 35.1 Å². The first kappa shape index (κ1) is 19.6. The summed E-state index contributed by atoms with van der Waals surface area (Å²) in [6.07, 6.45) is 1.15. The fraction of sp³-hybridized carbons (Fsp3) is 0.556. The van der Waals surface area contributed by atoms with E-state index >= 15 is 0 Å². The van der Waals surface area contributed by atoms with E-state index in [-0.39, 0.29) is 11.7 Å². The number of carbonyl (C=O) groups is 1. The first-order valence-electron chi connectivity index (χ1n) is 8.66. The summed E-state index contributed by atoms with van der Waals surface area (Å²) in [7, 11) is 1.78. The molecule has 1 aromatic carbocycles. The van der Waals surface area contributed by atoms with Gasteiger partial charge in [0, 0.05) is 49.8 Å². The molecule has 0 aromatic heterocycles.